The van der Waals surface area contributed by atoms with Crippen molar-refractivity contribution in [2.45, 2.75) is 30.7 Å². The van der Waals surface area contributed by atoms with Gasteiger partial charge in [-0.15, -0.1) is 11.8 Å². The molecular weight excluding hydrogens is 415 g/mol. The largest absolute Gasteiger partial charge is 0.356 e. The second-order valence-corrected chi connectivity index (χ2v) is 7.21. The lowest BCUT2D eigenvalue weighted by molar-refractivity contribution is -0.117. The molecule has 2 aliphatic rings. The highest BCUT2D eigenvalue weighted by Crippen LogP contribution is 2.20. The maximum Gasteiger partial charge on any atom is 0.229 e. The Hall–Kier alpha value is -2.62. The van der Waals surface area contributed by atoms with Crippen LogP contribution in [0.3, 0.4) is 0 Å². The molecule has 0 radical (unpaired) electrons. The van der Waals surface area contributed by atoms with Crippen molar-refractivity contribution < 1.29 is 18.0 Å². The Morgan fingerprint density at radius 2 is 1.77 bits per heavy atom. The predicted molar refractivity (Wildman–Crippen MR) is 112 cm³/mol. The number of carbonyl (C=O) groups is 1. The Balaban J connectivity index is 0.000000173. The number of hydrogen-bond donors (Lipinski definition) is 0. The van der Waals surface area contributed by atoms with Crippen molar-refractivity contribution >= 4 is 30.2 Å². The average molecular weight is 440 g/mol. The molecule has 1 aromatic carbocycles. The molecule has 0 atom stereocenters. The summed E-state index contributed by atoms with van der Waals surface area (Å²) in [5.41, 5.74) is 0. The van der Waals surface area contributed by atoms with Crippen LogP contribution >= 0.6 is 11.8 Å². The van der Waals surface area contributed by atoms with E-state index in [2.05, 4.69) is 26.0 Å². The van der Waals surface area contributed by atoms with Crippen LogP contribution in [0.25, 0.3) is 0 Å². The normalized spacial score (nSPS) is 15.1. The van der Waals surface area contributed by atoms with Gasteiger partial charge in [-0.3, -0.25) is 4.79 Å². The molecule has 1 amide bonds. The number of halogens is 3. The third-order valence-electron chi connectivity index (χ3n) is 4.24. The second-order valence-electron chi connectivity index (χ2n) is 6.38. The number of amides is 1. The first-order valence-electron chi connectivity index (χ1n) is 9.49. The molecule has 30 heavy (non-hydrogen) atoms. The average Bonchev–Trinajstić information content (AvgIpc) is 3.32. The number of hydrazone groups is 1. The minimum Gasteiger partial charge on any atom is -0.356 e. The molecule has 1 fully saturated rings. The van der Waals surface area contributed by atoms with Gasteiger partial charge >= 0.3 is 0 Å². The van der Waals surface area contributed by atoms with E-state index in [4.69, 9.17) is 0 Å². The maximum atomic E-state index is 12.0. The van der Waals surface area contributed by atoms with Crippen molar-refractivity contribution in [3.63, 3.8) is 0 Å². The van der Waals surface area contributed by atoms with E-state index in [1.54, 1.807) is 24.3 Å². The van der Waals surface area contributed by atoms with Crippen LogP contribution in [-0.4, -0.2) is 53.5 Å². The number of hydrogen-bond acceptors (Lipinski definition) is 6. The quantitative estimate of drug-likeness (QED) is 0.312. The third-order valence-corrected chi connectivity index (χ3v) is 4.88. The first-order chi connectivity index (χ1) is 14.5. The monoisotopic (exact) mass is 439 g/mol. The molecule has 2 aliphatic heterocycles. The fraction of sp³-hybridized carbons (Fsp3) is 0.400. The topological polar surface area (TPSA) is 61.7 Å². The Labute approximate surface area is 178 Å². The summed E-state index contributed by atoms with van der Waals surface area (Å²) in [6.45, 7) is 3.04. The van der Waals surface area contributed by atoms with Gasteiger partial charge in [0.1, 0.15) is 23.0 Å². The zero-order valence-corrected chi connectivity index (χ0v) is 17.5. The highest BCUT2D eigenvalue weighted by molar-refractivity contribution is 7.98. The second kappa shape index (κ2) is 12.8. The number of nitrogens with zero attached hydrogens (tertiary/aromatic N) is 5. The standard InChI is InChI=1S/C10H15N3S.C6H3F3.C4H6N2O/c1-14-10-7-9(11-8-12-10)13-5-3-2-4-6-13;7-4-1-2-5(8)6(9)3-4;7-4-6-3-1-2-5-6/h7-8H,2-6H2,1H3;1-3H;2,4H,1,3H2. The molecule has 2 aromatic rings. The molecule has 1 saturated heterocycles. The van der Waals surface area contributed by atoms with Gasteiger partial charge in [-0.05, 0) is 37.7 Å². The SMILES string of the molecule is CSc1cc(N2CCCCC2)ncn1.Fc1ccc(F)c(F)c1.O=CN1CCC=N1. The maximum absolute atomic E-state index is 12.0. The number of piperidine rings is 1. The van der Waals surface area contributed by atoms with Gasteiger partial charge < -0.3 is 4.90 Å². The van der Waals surface area contributed by atoms with E-state index in [1.165, 1.54) is 24.3 Å². The van der Waals surface area contributed by atoms with E-state index in [-0.39, 0.29) is 0 Å². The van der Waals surface area contributed by atoms with Gasteiger partial charge in [0.05, 0.1) is 0 Å². The number of rotatable bonds is 3. The summed E-state index contributed by atoms with van der Waals surface area (Å²) >= 11 is 1.67. The molecule has 6 nitrogen and oxygen atoms in total. The molecule has 0 saturated carbocycles. The van der Waals surface area contributed by atoms with Gasteiger partial charge in [0.25, 0.3) is 0 Å². The van der Waals surface area contributed by atoms with Crippen LogP contribution < -0.4 is 4.90 Å². The van der Waals surface area contributed by atoms with E-state index in [9.17, 15) is 18.0 Å². The zero-order valence-electron chi connectivity index (χ0n) is 16.7. The summed E-state index contributed by atoms with van der Waals surface area (Å²) in [5, 5.41) is 6.13. The highest BCUT2D eigenvalue weighted by atomic mass is 32.2. The lowest BCUT2D eigenvalue weighted by Crippen LogP contribution is -2.30. The fourth-order valence-electron chi connectivity index (χ4n) is 2.70. The molecule has 162 valence electrons. The van der Waals surface area contributed by atoms with Crippen LogP contribution in [-0.2, 0) is 4.79 Å². The van der Waals surface area contributed by atoms with Crippen molar-refractivity contribution in [1.82, 2.24) is 15.0 Å². The van der Waals surface area contributed by atoms with Gasteiger partial charge in [-0.25, -0.2) is 28.1 Å². The molecular formula is C20H24F3N5OS. The number of benzene rings is 1. The van der Waals surface area contributed by atoms with Crippen LogP contribution in [0.1, 0.15) is 25.7 Å². The summed E-state index contributed by atoms with van der Waals surface area (Å²) in [7, 11) is 0. The fourth-order valence-corrected chi connectivity index (χ4v) is 3.07. The minimum atomic E-state index is -1.16. The summed E-state index contributed by atoms with van der Waals surface area (Å²) in [6, 6.07) is 4.18. The van der Waals surface area contributed by atoms with E-state index >= 15 is 0 Å². The molecule has 3 heterocycles. The summed E-state index contributed by atoms with van der Waals surface area (Å²) in [4.78, 5) is 20.7. The van der Waals surface area contributed by atoms with E-state index < -0.39 is 17.5 Å². The van der Waals surface area contributed by atoms with Gasteiger partial charge in [0, 0.05) is 44.4 Å². The molecule has 0 unspecified atom stereocenters. The highest BCUT2D eigenvalue weighted by Gasteiger charge is 2.12. The Morgan fingerprint density at radius 1 is 1.00 bits per heavy atom. The van der Waals surface area contributed by atoms with Gasteiger partial charge in [-0.1, -0.05) is 0 Å². The number of aromatic nitrogens is 2. The van der Waals surface area contributed by atoms with Crippen LogP contribution in [0.4, 0.5) is 19.0 Å². The summed E-state index contributed by atoms with van der Waals surface area (Å²) in [5.74, 6) is -1.87. The smallest absolute Gasteiger partial charge is 0.229 e. The van der Waals surface area contributed by atoms with Crippen molar-refractivity contribution in [3.05, 3.63) is 48.0 Å². The van der Waals surface area contributed by atoms with Crippen LogP contribution in [0.15, 0.2) is 40.7 Å². The summed E-state index contributed by atoms with van der Waals surface area (Å²) in [6.07, 6.45) is 11.0. The van der Waals surface area contributed by atoms with Gasteiger partial charge in [0.2, 0.25) is 6.41 Å². The molecule has 1 aromatic heterocycles. The number of thioether (sulfide) groups is 1. The summed E-state index contributed by atoms with van der Waals surface area (Å²) < 4.78 is 35.9. The molecule has 0 bridgehead atoms. The van der Waals surface area contributed by atoms with E-state index in [0.29, 0.717) is 6.07 Å². The third kappa shape index (κ3) is 8.02. The van der Waals surface area contributed by atoms with Crippen molar-refractivity contribution in [3.8, 4) is 0 Å². The Morgan fingerprint density at radius 3 is 2.30 bits per heavy atom. The molecule has 10 heteroatoms. The molecule has 4 rings (SSSR count). The van der Waals surface area contributed by atoms with Crippen molar-refractivity contribution in [2.75, 3.05) is 30.8 Å². The molecule has 0 aliphatic carbocycles. The van der Waals surface area contributed by atoms with Crippen molar-refractivity contribution in [2.24, 2.45) is 5.10 Å². The van der Waals surface area contributed by atoms with Crippen LogP contribution in [0, 0.1) is 17.5 Å². The zero-order chi connectivity index (χ0) is 21.8. The predicted octanol–water partition coefficient (Wildman–Crippen LogP) is 4.13. The lowest BCUT2D eigenvalue weighted by atomic mass is 10.1. The molecule has 0 N–H and O–H groups in total. The number of anilines is 1. The Kier molecular flexibility index (Phi) is 10.1. The van der Waals surface area contributed by atoms with Crippen LogP contribution in [0.5, 0.6) is 0 Å². The molecule has 0 spiro atoms. The van der Waals surface area contributed by atoms with E-state index in [1.807, 2.05) is 6.26 Å². The number of carbonyl (C=O) groups excluding carboxylic acids is 1. The lowest BCUT2D eigenvalue weighted by Gasteiger charge is -2.27. The van der Waals surface area contributed by atoms with Gasteiger partial charge in [-0.2, -0.15) is 5.10 Å². The first-order valence-corrected chi connectivity index (χ1v) is 10.7. The minimum absolute atomic E-state index is 0.495. The van der Waals surface area contributed by atoms with E-state index in [0.717, 1.165) is 55.4 Å². The van der Waals surface area contributed by atoms with Gasteiger partial charge in [0.15, 0.2) is 11.6 Å². The Bertz CT molecular complexity index is 834. The first kappa shape index (κ1) is 23.7. The van der Waals surface area contributed by atoms with Crippen molar-refractivity contribution in [1.29, 1.82) is 0 Å². The van der Waals surface area contributed by atoms with Crippen LogP contribution in [0.2, 0.25) is 0 Å².